The van der Waals surface area contributed by atoms with E-state index >= 15 is 0 Å². The van der Waals surface area contributed by atoms with Crippen molar-refractivity contribution in [2.24, 2.45) is 0 Å². The lowest BCUT2D eigenvalue weighted by Gasteiger charge is -2.11. The van der Waals surface area contributed by atoms with Crippen molar-refractivity contribution >= 4 is 11.0 Å². The van der Waals surface area contributed by atoms with Gasteiger partial charge in [0.25, 0.3) is 0 Å². The van der Waals surface area contributed by atoms with Gasteiger partial charge in [0.1, 0.15) is 46.9 Å². The summed E-state index contributed by atoms with van der Waals surface area (Å²) in [5.41, 5.74) is 4.24. The normalized spacial score (nSPS) is 11.2. The minimum Gasteiger partial charge on any atom is -0.485 e. The third-order valence-corrected chi connectivity index (χ3v) is 4.92. The van der Waals surface area contributed by atoms with Crippen LogP contribution in [0.2, 0.25) is 0 Å². The minimum atomic E-state index is -0.356. The second kappa shape index (κ2) is 8.60. The molecule has 160 valence electrons. The number of nitrogens with zero attached hydrogens (tertiary/aromatic N) is 4. The maximum Gasteiger partial charge on any atom is 0.226 e. The van der Waals surface area contributed by atoms with Crippen molar-refractivity contribution in [3.63, 3.8) is 0 Å². The Kier molecular flexibility index (Phi) is 5.35. The molecule has 0 aliphatic heterocycles. The molecule has 1 N–H and O–H groups in total. The summed E-state index contributed by atoms with van der Waals surface area (Å²) in [6.07, 6.45) is 1.99. The summed E-state index contributed by atoms with van der Waals surface area (Å²) in [5, 5.41) is 18.4. The zero-order valence-corrected chi connectivity index (χ0v) is 17.0. The van der Waals surface area contributed by atoms with Gasteiger partial charge in [-0.1, -0.05) is 24.3 Å². The van der Waals surface area contributed by atoms with E-state index in [1.807, 2.05) is 42.5 Å². The van der Waals surface area contributed by atoms with Gasteiger partial charge in [-0.25, -0.2) is 9.37 Å². The number of ether oxygens (including phenoxy) is 1. The molecule has 0 saturated heterocycles. The number of oxazole rings is 1. The molecule has 2 aromatic heterocycles. The van der Waals surface area contributed by atoms with Crippen molar-refractivity contribution in [3.05, 3.63) is 90.1 Å². The number of aliphatic hydroxyl groups excluding tert-OH is 1. The first-order valence-corrected chi connectivity index (χ1v) is 10.1. The van der Waals surface area contributed by atoms with E-state index in [4.69, 9.17) is 9.15 Å². The van der Waals surface area contributed by atoms with E-state index in [2.05, 4.69) is 15.2 Å². The Balaban J connectivity index is 1.42. The molecule has 0 unspecified atom stereocenters. The molecule has 0 radical (unpaired) electrons. The Bertz CT molecular complexity index is 1350. The number of aromatic nitrogens is 4. The number of hydrogen-bond acceptors (Lipinski definition) is 6. The molecule has 0 saturated carbocycles. The van der Waals surface area contributed by atoms with Crippen molar-refractivity contribution < 1.29 is 18.7 Å². The third-order valence-electron chi connectivity index (χ3n) is 4.92. The zero-order chi connectivity index (χ0) is 21.9. The molecule has 0 amide bonds. The molecule has 0 bridgehead atoms. The molecule has 2 heterocycles. The molecule has 5 rings (SSSR count). The average molecular weight is 430 g/mol. The van der Waals surface area contributed by atoms with Gasteiger partial charge in [-0.05, 0) is 54.4 Å². The summed E-state index contributed by atoms with van der Waals surface area (Å²) >= 11 is 0. The highest BCUT2D eigenvalue weighted by Crippen LogP contribution is 2.26. The second-order valence-electron chi connectivity index (χ2n) is 7.20. The minimum absolute atomic E-state index is 0.0377. The number of aliphatic hydroxyl groups is 1. The van der Waals surface area contributed by atoms with E-state index in [1.165, 1.54) is 23.2 Å². The van der Waals surface area contributed by atoms with Gasteiger partial charge in [0.05, 0.1) is 0 Å². The number of benzene rings is 3. The van der Waals surface area contributed by atoms with Gasteiger partial charge < -0.3 is 14.3 Å². The van der Waals surface area contributed by atoms with Crippen LogP contribution in [0.1, 0.15) is 11.3 Å². The fourth-order valence-corrected chi connectivity index (χ4v) is 3.37. The molecule has 0 fully saturated rings. The zero-order valence-electron chi connectivity index (χ0n) is 17.0. The van der Waals surface area contributed by atoms with Crippen molar-refractivity contribution in [2.75, 3.05) is 6.61 Å². The maximum absolute atomic E-state index is 13.5. The van der Waals surface area contributed by atoms with Crippen molar-refractivity contribution in [2.45, 2.75) is 13.0 Å². The van der Waals surface area contributed by atoms with Gasteiger partial charge in [-0.2, -0.15) is 0 Å². The highest BCUT2D eigenvalue weighted by atomic mass is 19.1. The van der Waals surface area contributed by atoms with Gasteiger partial charge in [0.15, 0.2) is 0 Å². The van der Waals surface area contributed by atoms with E-state index in [0.29, 0.717) is 35.0 Å². The van der Waals surface area contributed by atoms with Crippen LogP contribution in [0, 0.1) is 5.82 Å². The molecule has 32 heavy (non-hydrogen) atoms. The van der Waals surface area contributed by atoms with Crippen LogP contribution < -0.4 is 4.74 Å². The number of hydrogen-bond donors (Lipinski definition) is 1. The molecule has 0 atom stereocenters. The summed E-state index contributed by atoms with van der Waals surface area (Å²) in [7, 11) is 0. The first-order chi connectivity index (χ1) is 15.7. The molecule has 0 aliphatic carbocycles. The second-order valence-corrected chi connectivity index (χ2v) is 7.20. The predicted molar refractivity (Wildman–Crippen MR) is 116 cm³/mol. The molecule has 0 spiro atoms. The highest BCUT2D eigenvalue weighted by Gasteiger charge is 2.14. The van der Waals surface area contributed by atoms with Crippen LogP contribution in [0.4, 0.5) is 4.39 Å². The molecule has 8 heteroatoms. The molecule has 3 aromatic carbocycles. The number of halogens is 1. The summed E-state index contributed by atoms with van der Waals surface area (Å²) in [4.78, 5) is 5.92. The summed E-state index contributed by atoms with van der Waals surface area (Å²) < 4.78 is 25.0. The van der Waals surface area contributed by atoms with E-state index in [9.17, 15) is 9.50 Å². The Labute approximate surface area is 182 Å². The fraction of sp³-hybridized carbons (Fsp3) is 0.125. The molecular formula is C24H19FN4O3. The largest absolute Gasteiger partial charge is 0.485 e. The smallest absolute Gasteiger partial charge is 0.226 e. The lowest BCUT2D eigenvalue weighted by molar-refractivity contribution is 0.296. The highest BCUT2D eigenvalue weighted by molar-refractivity contribution is 5.73. The van der Waals surface area contributed by atoms with E-state index in [-0.39, 0.29) is 19.0 Å². The van der Waals surface area contributed by atoms with Gasteiger partial charge >= 0.3 is 0 Å². The summed E-state index contributed by atoms with van der Waals surface area (Å²) in [5.74, 6) is 0.522. The molecule has 0 aliphatic rings. The summed E-state index contributed by atoms with van der Waals surface area (Å²) in [6.45, 7) is 0.182. The number of rotatable bonds is 7. The van der Waals surface area contributed by atoms with Gasteiger partial charge in [0.2, 0.25) is 5.89 Å². The predicted octanol–water partition coefficient (Wildman–Crippen LogP) is 4.33. The Morgan fingerprint density at radius 3 is 2.53 bits per heavy atom. The third kappa shape index (κ3) is 4.08. The van der Waals surface area contributed by atoms with Crippen molar-refractivity contribution in [3.8, 4) is 22.9 Å². The quantitative estimate of drug-likeness (QED) is 0.414. The SMILES string of the molecule is OCCc1ccc(OCc2coc(-c3cccc(F)c3)n2)c(-n2nc3ccccc3n2)c1. The van der Waals surface area contributed by atoms with Crippen LogP contribution in [-0.4, -0.2) is 31.7 Å². The monoisotopic (exact) mass is 430 g/mol. The van der Waals surface area contributed by atoms with Crippen LogP contribution in [-0.2, 0) is 13.0 Å². The fourth-order valence-electron chi connectivity index (χ4n) is 3.37. The van der Waals surface area contributed by atoms with E-state index in [0.717, 1.165) is 16.6 Å². The van der Waals surface area contributed by atoms with Crippen molar-refractivity contribution in [1.29, 1.82) is 0 Å². The Morgan fingerprint density at radius 1 is 0.969 bits per heavy atom. The Hall–Kier alpha value is -4.04. The number of fused-ring (bicyclic) bond motifs is 1. The lowest BCUT2D eigenvalue weighted by atomic mass is 10.1. The molecular weight excluding hydrogens is 411 g/mol. The van der Waals surface area contributed by atoms with Crippen LogP contribution in [0.5, 0.6) is 5.75 Å². The van der Waals surface area contributed by atoms with Crippen molar-refractivity contribution in [1.82, 2.24) is 20.0 Å². The average Bonchev–Trinajstić information content (AvgIpc) is 3.45. The van der Waals surface area contributed by atoms with Crippen LogP contribution in [0.15, 0.2) is 77.4 Å². The van der Waals surface area contributed by atoms with Crippen LogP contribution in [0.25, 0.3) is 28.2 Å². The van der Waals surface area contributed by atoms with Crippen LogP contribution in [0.3, 0.4) is 0 Å². The first kappa shape index (κ1) is 19.9. The summed E-state index contributed by atoms with van der Waals surface area (Å²) in [6, 6.07) is 19.3. The lowest BCUT2D eigenvalue weighted by Crippen LogP contribution is -2.05. The molecule has 7 nitrogen and oxygen atoms in total. The van der Waals surface area contributed by atoms with E-state index < -0.39 is 0 Å². The van der Waals surface area contributed by atoms with Gasteiger partial charge in [0, 0.05) is 12.2 Å². The van der Waals surface area contributed by atoms with Crippen LogP contribution >= 0.6 is 0 Å². The Morgan fingerprint density at radius 2 is 1.78 bits per heavy atom. The maximum atomic E-state index is 13.5. The van der Waals surface area contributed by atoms with E-state index in [1.54, 1.807) is 12.1 Å². The standard InChI is InChI=1S/C24H19FN4O3/c25-18-5-3-4-17(13-18)24-26-19(15-32-24)14-31-23-9-8-16(10-11-30)12-22(23)29-27-20-6-1-2-7-21(20)28-29/h1-9,12-13,15,30H,10-11,14H2. The molecule has 5 aromatic rings. The van der Waals surface area contributed by atoms with Gasteiger partial charge in [-0.15, -0.1) is 15.0 Å². The topological polar surface area (TPSA) is 86.2 Å². The first-order valence-electron chi connectivity index (χ1n) is 10.1. The van der Waals surface area contributed by atoms with Gasteiger partial charge in [-0.3, -0.25) is 0 Å².